The van der Waals surface area contributed by atoms with Crippen molar-refractivity contribution in [1.82, 2.24) is 9.03 Å². The van der Waals surface area contributed by atoms with Gasteiger partial charge in [0.1, 0.15) is 7.22 Å². The van der Waals surface area contributed by atoms with Crippen LogP contribution in [0.2, 0.25) is 29.8 Å². The molecule has 0 spiro atoms. The van der Waals surface area contributed by atoms with Crippen molar-refractivity contribution in [3.63, 3.8) is 0 Å². The number of hydrogen-bond donors (Lipinski definition) is 3. The van der Waals surface area contributed by atoms with Gasteiger partial charge in [0.15, 0.2) is 5.12 Å². The van der Waals surface area contributed by atoms with Crippen LogP contribution in [0.25, 0.3) is 0 Å². The van der Waals surface area contributed by atoms with Crippen LogP contribution in [0.5, 0.6) is 0 Å². The van der Waals surface area contributed by atoms with Gasteiger partial charge in [-0.1, -0.05) is 73.4 Å². The van der Waals surface area contributed by atoms with Crippen molar-refractivity contribution < 1.29 is 31.4 Å². The zero-order valence-corrected chi connectivity index (χ0v) is 30.7. The van der Waals surface area contributed by atoms with Crippen molar-refractivity contribution >= 4 is 68.2 Å². The van der Waals surface area contributed by atoms with Crippen LogP contribution in [0.3, 0.4) is 0 Å². The number of amides is 1. The van der Waals surface area contributed by atoms with Gasteiger partial charge in [-0.15, -0.1) is 0 Å². The molecule has 0 saturated carbocycles. The largest absolute Gasteiger partial charge is 0.451 e. The SMILES string of the molecule is CC(=O)N(CCS[Si](C(C)C)(C(C)C)C(C)C)S(C)(=O)=O.CC(=O)SCCNS(C)(=O)=O.CCB(C)O.CN. The Balaban J connectivity index is -0.000000282. The molecule has 0 rings (SSSR count). The average molecular weight is 654 g/mol. The number of carbonyl (C=O) groups excluding carboxylic acids is 2. The van der Waals surface area contributed by atoms with Gasteiger partial charge in [-0.05, 0) is 23.7 Å². The molecule has 39 heavy (non-hydrogen) atoms. The molecule has 0 saturated heterocycles. The first kappa shape index (κ1) is 45.9. The molecule has 0 heterocycles. The summed E-state index contributed by atoms with van der Waals surface area (Å²) in [6.07, 6.45) is 3.04. The molecule has 0 aliphatic rings. The Bertz CT molecular complexity index is 851. The van der Waals surface area contributed by atoms with Crippen LogP contribution in [-0.2, 0) is 29.6 Å². The van der Waals surface area contributed by atoms with E-state index < -0.39 is 33.2 Å². The van der Waals surface area contributed by atoms with Gasteiger partial charge in [0, 0.05) is 38.4 Å². The summed E-state index contributed by atoms with van der Waals surface area (Å²) in [6, 6.07) is 0. The Morgan fingerprint density at radius 3 is 1.56 bits per heavy atom. The van der Waals surface area contributed by atoms with Crippen LogP contribution in [-0.4, -0.2) is 95.5 Å². The molecule has 236 valence electrons. The fraction of sp³-hybridized carbons (Fsp3) is 0.913. The molecule has 0 unspecified atom stereocenters. The van der Waals surface area contributed by atoms with Crippen molar-refractivity contribution in [3.05, 3.63) is 0 Å². The zero-order valence-electron chi connectivity index (χ0n) is 26.4. The number of nitrogens with one attached hydrogen (secondary N) is 1. The standard InChI is InChI=1S/C14H31NO3S2Si.C5H11NO3S2.C3H9BO.CH5N/c1-11(2)21(12(3)4,13(5)6)19-10-9-15(14(7)16)20(8,17)18;1-5(7)10-4-3-6-11(2,8)9;1-3-4(2)5;1-2/h11-13H,9-10H2,1-8H3;6H,3-4H2,1-2H3;5H,3H2,1-2H3;2H2,1H3. The highest BCUT2D eigenvalue weighted by Crippen LogP contribution is 2.49. The maximum Gasteiger partial charge on any atom is 0.285 e. The molecule has 0 fully saturated rings. The normalized spacial score (nSPS) is 11.5. The van der Waals surface area contributed by atoms with Gasteiger partial charge in [-0.25, -0.2) is 25.9 Å². The Morgan fingerprint density at radius 1 is 0.949 bits per heavy atom. The van der Waals surface area contributed by atoms with Gasteiger partial charge >= 0.3 is 0 Å². The van der Waals surface area contributed by atoms with Crippen molar-refractivity contribution in [2.75, 3.05) is 44.2 Å². The third-order valence-electron chi connectivity index (χ3n) is 5.47. The highest BCUT2D eigenvalue weighted by atomic mass is 32.4. The molecule has 10 nitrogen and oxygen atoms in total. The van der Waals surface area contributed by atoms with E-state index >= 15 is 0 Å². The molecular weight excluding hydrogens is 597 g/mol. The minimum Gasteiger partial charge on any atom is -0.451 e. The minimum absolute atomic E-state index is 0.000279. The summed E-state index contributed by atoms with van der Waals surface area (Å²) in [5.41, 5.74) is 6.35. The number of nitrogens with zero attached hydrogens (tertiary/aromatic N) is 1. The molecule has 0 bridgehead atoms. The summed E-state index contributed by atoms with van der Waals surface area (Å²) in [4.78, 5) is 21.9. The van der Waals surface area contributed by atoms with Gasteiger partial charge < -0.3 is 10.8 Å². The Hall–Kier alpha value is -0.0982. The first-order chi connectivity index (χ1) is 17.6. The van der Waals surface area contributed by atoms with Gasteiger partial charge in [0.2, 0.25) is 26.0 Å². The van der Waals surface area contributed by atoms with E-state index in [-0.39, 0.29) is 18.6 Å². The maximum absolute atomic E-state index is 11.6. The molecule has 16 heteroatoms. The van der Waals surface area contributed by atoms with E-state index in [1.165, 1.54) is 20.9 Å². The fourth-order valence-corrected chi connectivity index (χ4v) is 15.8. The monoisotopic (exact) mass is 653 g/mol. The van der Waals surface area contributed by atoms with Crippen molar-refractivity contribution in [2.45, 2.75) is 92.1 Å². The second-order valence-electron chi connectivity index (χ2n) is 9.78. The van der Waals surface area contributed by atoms with Crippen LogP contribution < -0.4 is 10.5 Å². The number of thioether (sulfide) groups is 1. The van der Waals surface area contributed by atoms with Crippen LogP contribution in [0.1, 0.15) is 62.3 Å². The lowest BCUT2D eigenvalue weighted by Gasteiger charge is -2.42. The molecule has 0 aliphatic heterocycles. The van der Waals surface area contributed by atoms with E-state index in [2.05, 4.69) is 52.0 Å². The predicted octanol–water partition coefficient (Wildman–Crippen LogP) is 3.71. The number of hydrogen-bond acceptors (Lipinski definition) is 10. The number of nitrogens with two attached hydrogens (primary N) is 1. The lowest BCUT2D eigenvalue weighted by Crippen LogP contribution is -2.43. The molecule has 1 amide bonds. The quantitative estimate of drug-likeness (QED) is 0.197. The first-order valence-corrected chi connectivity index (χ1v) is 21.7. The van der Waals surface area contributed by atoms with Crippen LogP contribution in [0.15, 0.2) is 0 Å². The summed E-state index contributed by atoms with van der Waals surface area (Å²) in [6.45, 7) is 20.6. The molecule has 0 aromatic carbocycles. The highest BCUT2D eigenvalue weighted by Gasteiger charge is 2.43. The zero-order chi connectivity index (χ0) is 32.2. The second kappa shape index (κ2) is 23.5. The summed E-state index contributed by atoms with van der Waals surface area (Å²) in [5.74, 6) is 0.777. The van der Waals surface area contributed by atoms with E-state index in [4.69, 9.17) is 5.02 Å². The number of sulfonamides is 2. The Morgan fingerprint density at radius 2 is 1.33 bits per heavy atom. The summed E-state index contributed by atoms with van der Waals surface area (Å²) >= 11 is 3.04. The summed E-state index contributed by atoms with van der Waals surface area (Å²) in [7, 11) is -6.66. The predicted molar refractivity (Wildman–Crippen MR) is 176 cm³/mol. The van der Waals surface area contributed by atoms with E-state index in [1.54, 1.807) is 6.82 Å². The van der Waals surface area contributed by atoms with Gasteiger partial charge in [-0.2, -0.15) is 11.2 Å². The van der Waals surface area contributed by atoms with Gasteiger partial charge in [0.05, 0.1) is 12.5 Å². The summed E-state index contributed by atoms with van der Waals surface area (Å²) in [5, 5.41) is 8.36. The van der Waals surface area contributed by atoms with Crippen molar-refractivity contribution in [1.29, 1.82) is 0 Å². The van der Waals surface area contributed by atoms with E-state index in [0.717, 1.165) is 34.9 Å². The van der Waals surface area contributed by atoms with Gasteiger partial charge in [0.25, 0.3) is 6.92 Å². The minimum atomic E-state index is -3.46. The smallest absolute Gasteiger partial charge is 0.285 e. The Labute approximate surface area is 249 Å². The van der Waals surface area contributed by atoms with Crippen LogP contribution >= 0.6 is 23.0 Å². The molecule has 0 atom stereocenters. The fourth-order valence-electron chi connectivity index (χ4n) is 3.78. The topological polar surface area (TPSA) is 164 Å². The van der Waals surface area contributed by atoms with E-state index in [0.29, 0.717) is 34.7 Å². The third-order valence-corrected chi connectivity index (χ3v) is 20.9. The van der Waals surface area contributed by atoms with Gasteiger partial charge in [-0.3, -0.25) is 9.59 Å². The third kappa shape index (κ3) is 24.2. The van der Waals surface area contributed by atoms with E-state index in [1.807, 2.05) is 18.1 Å². The van der Waals surface area contributed by atoms with Crippen LogP contribution in [0.4, 0.5) is 0 Å². The average Bonchev–Trinajstić information content (AvgIpc) is 2.76. The summed E-state index contributed by atoms with van der Waals surface area (Å²) < 4.78 is 47.5. The van der Waals surface area contributed by atoms with Crippen LogP contribution in [0, 0.1) is 0 Å². The molecule has 0 aromatic rings. The van der Waals surface area contributed by atoms with E-state index in [9.17, 15) is 26.4 Å². The highest BCUT2D eigenvalue weighted by molar-refractivity contribution is 8.29. The first-order valence-electron chi connectivity index (χ1n) is 13.0. The maximum atomic E-state index is 11.6. The molecule has 0 aliphatic carbocycles. The molecule has 4 N–H and O–H groups in total. The van der Waals surface area contributed by atoms with Crippen molar-refractivity contribution in [3.8, 4) is 0 Å². The Kier molecular flexibility index (Phi) is 27.6. The molecule has 0 radical (unpaired) electrons. The second-order valence-corrected chi connectivity index (χ2v) is 23.7. The number of carbonyl (C=O) groups is 2. The molecule has 0 aromatic heterocycles. The lowest BCUT2D eigenvalue weighted by atomic mass is 9.69. The van der Waals surface area contributed by atoms with Crippen molar-refractivity contribution in [2.24, 2.45) is 5.73 Å². The lowest BCUT2D eigenvalue weighted by molar-refractivity contribution is -0.124. The molecular formula is C23H56BN3O7S4Si. The number of rotatable bonds is 13.